The van der Waals surface area contributed by atoms with Crippen molar-refractivity contribution in [2.45, 2.75) is 32.6 Å². The van der Waals surface area contributed by atoms with Crippen molar-refractivity contribution < 1.29 is 0 Å². The van der Waals surface area contributed by atoms with Crippen LogP contribution in [0.25, 0.3) is 0 Å². The van der Waals surface area contributed by atoms with Crippen LogP contribution in [0, 0.1) is 11.8 Å². The summed E-state index contributed by atoms with van der Waals surface area (Å²) in [7, 11) is 0. The van der Waals surface area contributed by atoms with Crippen LogP contribution in [-0.2, 0) is 0 Å². The van der Waals surface area contributed by atoms with Gasteiger partial charge in [-0.3, -0.25) is 0 Å². The Labute approximate surface area is 110 Å². The number of hydrogen-bond donors (Lipinski definition) is 1. The molecule has 18 heavy (non-hydrogen) atoms. The van der Waals surface area contributed by atoms with Gasteiger partial charge in [-0.05, 0) is 43.2 Å². The van der Waals surface area contributed by atoms with Gasteiger partial charge in [-0.25, -0.2) is 4.98 Å². The molecule has 1 aromatic rings. The van der Waals surface area contributed by atoms with Gasteiger partial charge in [0, 0.05) is 19.6 Å². The molecule has 2 fully saturated rings. The van der Waals surface area contributed by atoms with E-state index in [1.165, 1.54) is 32.4 Å². The van der Waals surface area contributed by atoms with E-state index in [1.54, 1.807) is 0 Å². The Morgan fingerprint density at radius 1 is 1.28 bits per heavy atom. The molecule has 0 radical (unpaired) electrons. The molecule has 1 aliphatic carbocycles. The van der Waals surface area contributed by atoms with Crippen molar-refractivity contribution in [3.8, 4) is 0 Å². The van der Waals surface area contributed by atoms with Crippen LogP contribution in [0.4, 0.5) is 11.6 Å². The molecule has 1 N–H and O–H groups in total. The van der Waals surface area contributed by atoms with Gasteiger partial charge in [-0.1, -0.05) is 19.4 Å². The lowest BCUT2D eigenvalue weighted by Crippen LogP contribution is -2.22. The minimum atomic E-state index is 0.930. The molecule has 1 aliphatic heterocycles. The molecular weight excluding hydrogens is 222 g/mol. The van der Waals surface area contributed by atoms with Crippen molar-refractivity contribution in [1.29, 1.82) is 0 Å². The van der Waals surface area contributed by atoms with Crippen LogP contribution in [0.5, 0.6) is 0 Å². The highest BCUT2D eigenvalue weighted by Crippen LogP contribution is 2.39. The Morgan fingerprint density at radius 3 is 2.78 bits per heavy atom. The van der Waals surface area contributed by atoms with Crippen molar-refractivity contribution >= 4 is 11.6 Å². The molecule has 2 heterocycles. The Kier molecular flexibility index (Phi) is 3.39. The number of aromatic nitrogens is 1. The van der Waals surface area contributed by atoms with Gasteiger partial charge in [0.25, 0.3) is 0 Å². The largest absolute Gasteiger partial charge is 0.370 e. The third-order valence-corrected chi connectivity index (χ3v) is 4.34. The molecule has 98 valence electrons. The molecular formula is C15H23N3. The van der Waals surface area contributed by atoms with Crippen LogP contribution < -0.4 is 10.2 Å². The van der Waals surface area contributed by atoms with Gasteiger partial charge < -0.3 is 10.2 Å². The van der Waals surface area contributed by atoms with E-state index >= 15 is 0 Å². The number of anilines is 2. The molecule has 1 saturated carbocycles. The third kappa shape index (κ3) is 2.31. The maximum absolute atomic E-state index is 4.73. The fourth-order valence-corrected chi connectivity index (χ4v) is 3.37. The first-order valence-corrected chi connectivity index (χ1v) is 7.32. The zero-order chi connectivity index (χ0) is 12.4. The van der Waals surface area contributed by atoms with E-state index in [2.05, 4.69) is 35.3 Å². The van der Waals surface area contributed by atoms with Crippen molar-refractivity contribution in [3.05, 3.63) is 18.2 Å². The lowest BCUT2D eigenvalue weighted by Gasteiger charge is -2.19. The molecule has 1 saturated heterocycles. The lowest BCUT2D eigenvalue weighted by molar-refractivity contribution is 0.494. The van der Waals surface area contributed by atoms with Gasteiger partial charge in [0.1, 0.15) is 11.6 Å². The lowest BCUT2D eigenvalue weighted by atomic mass is 10.0. The molecule has 0 spiro atoms. The number of nitrogens with one attached hydrogen (secondary N) is 1. The van der Waals surface area contributed by atoms with E-state index in [-0.39, 0.29) is 0 Å². The van der Waals surface area contributed by atoms with E-state index < -0.39 is 0 Å². The first kappa shape index (κ1) is 11.8. The Morgan fingerprint density at radius 2 is 2.06 bits per heavy atom. The van der Waals surface area contributed by atoms with E-state index in [1.807, 2.05) is 0 Å². The fourth-order valence-electron chi connectivity index (χ4n) is 3.37. The minimum Gasteiger partial charge on any atom is -0.370 e. The van der Waals surface area contributed by atoms with Crippen LogP contribution >= 0.6 is 0 Å². The summed E-state index contributed by atoms with van der Waals surface area (Å²) in [5, 5.41) is 3.37. The molecule has 1 aromatic heterocycles. The molecule has 2 atom stereocenters. The second-order valence-corrected chi connectivity index (χ2v) is 5.66. The van der Waals surface area contributed by atoms with Crippen LogP contribution in [0.3, 0.4) is 0 Å². The van der Waals surface area contributed by atoms with Gasteiger partial charge in [-0.15, -0.1) is 0 Å². The van der Waals surface area contributed by atoms with Crippen LogP contribution in [0.2, 0.25) is 0 Å². The van der Waals surface area contributed by atoms with E-state index in [0.29, 0.717) is 0 Å². The predicted molar refractivity (Wildman–Crippen MR) is 76.1 cm³/mol. The standard InChI is InChI=1S/C15H23N3/c1-2-9-16-14-7-4-8-15(17-14)18-10-12-5-3-6-13(12)11-18/h4,7-8,12-13H,2-3,5-6,9-11H2,1H3,(H,16,17). The zero-order valence-electron chi connectivity index (χ0n) is 11.2. The first-order chi connectivity index (χ1) is 8.86. The maximum atomic E-state index is 4.73. The molecule has 3 nitrogen and oxygen atoms in total. The van der Waals surface area contributed by atoms with Crippen molar-refractivity contribution in [2.24, 2.45) is 11.8 Å². The van der Waals surface area contributed by atoms with E-state index in [9.17, 15) is 0 Å². The summed E-state index contributed by atoms with van der Waals surface area (Å²) in [4.78, 5) is 7.21. The van der Waals surface area contributed by atoms with E-state index in [4.69, 9.17) is 4.98 Å². The number of fused-ring (bicyclic) bond motifs is 1. The Bertz CT molecular complexity index is 392. The monoisotopic (exact) mass is 245 g/mol. The van der Waals surface area contributed by atoms with Crippen molar-refractivity contribution in [2.75, 3.05) is 29.9 Å². The Hall–Kier alpha value is -1.25. The number of hydrogen-bond acceptors (Lipinski definition) is 3. The first-order valence-electron chi connectivity index (χ1n) is 7.32. The smallest absolute Gasteiger partial charge is 0.130 e. The summed E-state index contributed by atoms with van der Waals surface area (Å²) in [5.41, 5.74) is 0. The molecule has 2 aliphatic rings. The van der Waals surface area contributed by atoms with Gasteiger partial charge in [-0.2, -0.15) is 0 Å². The van der Waals surface area contributed by atoms with E-state index in [0.717, 1.165) is 36.4 Å². The van der Waals surface area contributed by atoms with Crippen LogP contribution in [-0.4, -0.2) is 24.6 Å². The minimum absolute atomic E-state index is 0.930. The molecule has 0 aromatic carbocycles. The normalized spacial score (nSPS) is 26.4. The maximum Gasteiger partial charge on any atom is 0.130 e. The van der Waals surface area contributed by atoms with Gasteiger partial charge in [0.05, 0.1) is 0 Å². The molecule has 0 amide bonds. The summed E-state index contributed by atoms with van der Waals surface area (Å²) in [6.45, 7) is 5.62. The predicted octanol–water partition coefficient (Wildman–Crippen LogP) is 3.14. The summed E-state index contributed by atoms with van der Waals surface area (Å²) in [5.74, 6) is 4.04. The van der Waals surface area contributed by atoms with Crippen molar-refractivity contribution in [3.63, 3.8) is 0 Å². The molecule has 3 rings (SSSR count). The Balaban J connectivity index is 1.69. The third-order valence-electron chi connectivity index (χ3n) is 4.34. The number of nitrogens with zero attached hydrogens (tertiary/aromatic N) is 2. The second-order valence-electron chi connectivity index (χ2n) is 5.66. The highest BCUT2D eigenvalue weighted by Gasteiger charge is 2.36. The SMILES string of the molecule is CCCNc1cccc(N2CC3CCCC3C2)n1. The van der Waals surface area contributed by atoms with Crippen LogP contribution in [0.15, 0.2) is 18.2 Å². The average molecular weight is 245 g/mol. The topological polar surface area (TPSA) is 28.2 Å². The van der Waals surface area contributed by atoms with Gasteiger partial charge >= 0.3 is 0 Å². The highest BCUT2D eigenvalue weighted by atomic mass is 15.2. The summed E-state index contributed by atoms with van der Waals surface area (Å²) in [6.07, 6.45) is 5.43. The average Bonchev–Trinajstić information content (AvgIpc) is 2.97. The second kappa shape index (κ2) is 5.17. The summed E-state index contributed by atoms with van der Waals surface area (Å²) >= 11 is 0. The zero-order valence-corrected chi connectivity index (χ0v) is 11.2. The van der Waals surface area contributed by atoms with Gasteiger partial charge in [0.2, 0.25) is 0 Å². The summed E-state index contributed by atoms with van der Waals surface area (Å²) in [6, 6.07) is 6.34. The number of rotatable bonds is 4. The molecule has 0 bridgehead atoms. The highest BCUT2D eigenvalue weighted by molar-refractivity contribution is 5.48. The fraction of sp³-hybridized carbons (Fsp3) is 0.667. The molecule has 3 heteroatoms. The van der Waals surface area contributed by atoms with Crippen molar-refractivity contribution in [1.82, 2.24) is 4.98 Å². The quantitative estimate of drug-likeness (QED) is 0.883. The van der Waals surface area contributed by atoms with Crippen LogP contribution in [0.1, 0.15) is 32.6 Å². The summed E-state index contributed by atoms with van der Waals surface area (Å²) < 4.78 is 0. The molecule has 2 unspecified atom stereocenters. The van der Waals surface area contributed by atoms with Gasteiger partial charge in [0.15, 0.2) is 0 Å². The number of pyridine rings is 1.